The molecule has 1 aromatic heterocycles. The molecule has 0 unspecified atom stereocenters. The molecule has 3 heterocycles. The molecule has 2 fully saturated rings. The minimum Gasteiger partial charge on any atom is -0.461 e. The molecule has 10 heteroatoms. The topological polar surface area (TPSA) is 114 Å². The molecule has 0 aromatic carbocycles. The first kappa shape index (κ1) is 22.0. The van der Waals surface area contributed by atoms with Gasteiger partial charge in [-0.05, 0) is 47.0 Å². The van der Waals surface area contributed by atoms with Crippen molar-refractivity contribution in [2.45, 2.75) is 70.3 Å². The third-order valence-electron chi connectivity index (χ3n) is 5.95. The lowest BCUT2D eigenvalue weighted by atomic mass is 9.81. The lowest BCUT2D eigenvalue weighted by Crippen LogP contribution is -2.51. The number of hydrogen-bond acceptors (Lipinski definition) is 8. The number of carbonyl (C=O) groups excluding carboxylic acids is 1. The van der Waals surface area contributed by atoms with Gasteiger partial charge in [-0.2, -0.15) is 0 Å². The molecule has 0 aliphatic carbocycles. The maximum absolute atomic E-state index is 12.2. The number of ether oxygens (including phenoxy) is 1. The predicted molar refractivity (Wildman–Crippen MR) is 106 cm³/mol. The summed E-state index contributed by atoms with van der Waals surface area (Å²) >= 11 is 0. The van der Waals surface area contributed by atoms with Crippen LogP contribution < -0.4 is 10.2 Å². The van der Waals surface area contributed by atoms with Crippen LogP contribution in [0.1, 0.15) is 47.0 Å². The Morgan fingerprint density at radius 3 is 2.48 bits per heavy atom. The number of nitrogens with zero attached hydrogens (tertiary/aromatic N) is 3. The highest BCUT2D eigenvalue weighted by Gasteiger charge is 2.52. The van der Waals surface area contributed by atoms with Crippen molar-refractivity contribution >= 4 is 18.5 Å². The zero-order chi connectivity index (χ0) is 21.2. The highest BCUT2D eigenvalue weighted by molar-refractivity contribution is 6.61. The molecule has 2 saturated heterocycles. The first-order chi connectivity index (χ1) is 13.6. The number of piperidine rings is 1. The Kier molecular flexibility index (Phi) is 6.47. The van der Waals surface area contributed by atoms with Gasteiger partial charge in [0.25, 0.3) is 5.91 Å². The fraction of sp³-hybridized carbons (Fsp3) is 0.737. The maximum atomic E-state index is 12.2. The first-order valence-corrected chi connectivity index (χ1v) is 10.0. The summed E-state index contributed by atoms with van der Waals surface area (Å²) in [5.74, 6) is -0.474. The number of aliphatic hydroxyl groups is 2. The minimum absolute atomic E-state index is 0.191. The normalized spacial score (nSPS) is 24.4. The van der Waals surface area contributed by atoms with E-state index in [1.54, 1.807) is 17.3 Å². The van der Waals surface area contributed by atoms with Gasteiger partial charge in [0.15, 0.2) is 6.10 Å². The minimum atomic E-state index is -1.40. The van der Waals surface area contributed by atoms with Crippen LogP contribution in [0.5, 0.6) is 6.01 Å². The molecule has 1 amide bonds. The van der Waals surface area contributed by atoms with E-state index in [0.29, 0.717) is 12.0 Å². The summed E-state index contributed by atoms with van der Waals surface area (Å²) in [5.41, 5.74) is -0.178. The quantitative estimate of drug-likeness (QED) is 0.628. The summed E-state index contributed by atoms with van der Waals surface area (Å²) in [6, 6.07) is 0.00905. The Morgan fingerprint density at radius 1 is 1.28 bits per heavy atom. The van der Waals surface area contributed by atoms with Crippen molar-refractivity contribution in [1.29, 1.82) is 0 Å². The maximum Gasteiger partial charge on any atom is 0.498 e. The van der Waals surface area contributed by atoms with Crippen LogP contribution in [-0.2, 0) is 14.1 Å². The van der Waals surface area contributed by atoms with E-state index in [0.717, 1.165) is 19.3 Å². The molecule has 0 bridgehead atoms. The second kappa shape index (κ2) is 8.55. The molecule has 2 N–H and O–H groups in total. The molecule has 2 atom stereocenters. The Balaban J connectivity index is 1.59. The van der Waals surface area contributed by atoms with E-state index in [-0.39, 0.29) is 18.7 Å². The summed E-state index contributed by atoms with van der Waals surface area (Å²) in [4.78, 5) is 22.3. The van der Waals surface area contributed by atoms with Gasteiger partial charge in [-0.3, -0.25) is 4.79 Å². The van der Waals surface area contributed by atoms with E-state index >= 15 is 0 Å². The second-order valence-corrected chi connectivity index (χ2v) is 8.58. The monoisotopic (exact) mass is 407 g/mol. The average Bonchev–Trinajstić information content (AvgIpc) is 2.93. The van der Waals surface area contributed by atoms with Gasteiger partial charge in [0.1, 0.15) is 6.61 Å². The van der Waals surface area contributed by atoms with E-state index in [4.69, 9.17) is 19.2 Å². The number of carbonyl (C=O) groups is 1. The van der Waals surface area contributed by atoms with Gasteiger partial charge in [-0.15, -0.1) is 0 Å². The number of amides is 1. The Bertz CT molecular complexity index is 698. The van der Waals surface area contributed by atoms with Gasteiger partial charge < -0.3 is 29.2 Å². The molecular weight excluding hydrogens is 377 g/mol. The van der Waals surface area contributed by atoms with Gasteiger partial charge in [-0.1, -0.05) is 0 Å². The van der Waals surface area contributed by atoms with Gasteiger partial charge in [0.05, 0.1) is 23.9 Å². The second-order valence-electron chi connectivity index (χ2n) is 8.58. The van der Waals surface area contributed by atoms with Crippen molar-refractivity contribution in [3.05, 3.63) is 12.4 Å². The molecule has 9 nitrogen and oxygen atoms in total. The summed E-state index contributed by atoms with van der Waals surface area (Å²) in [6.45, 7) is 8.09. The summed E-state index contributed by atoms with van der Waals surface area (Å²) in [5, 5.41) is 18.7. The average molecular weight is 407 g/mol. The molecule has 2 aliphatic heterocycles. The van der Waals surface area contributed by atoms with Crippen LogP contribution >= 0.6 is 0 Å². The molecule has 2 aliphatic rings. The SMILES string of the molecule is CC1(C)OB(c2cnc(OC[C@H]3CCCCN3C(=O)[C@H](O)CO)nc2)OC1(C)C. The Labute approximate surface area is 171 Å². The standard InChI is InChI=1S/C19H30BN3O6/c1-18(2)19(3,4)29-20(28-18)13-9-21-17(22-10-13)27-12-14-7-5-6-8-23(14)16(26)15(25)11-24/h9-10,14-15,24-25H,5-8,11-12H2,1-4H3/t14-,15-/m1/s1. The number of likely N-dealkylation sites (tertiary alicyclic amines) is 1. The van der Waals surface area contributed by atoms with Crippen molar-refractivity contribution in [1.82, 2.24) is 14.9 Å². The molecule has 0 radical (unpaired) electrons. The molecular formula is C19H30BN3O6. The van der Waals surface area contributed by atoms with Crippen LogP contribution in [0, 0.1) is 0 Å². The van der Waals surface area contributed by atoms with E-state index < -0.39 is 36.9 Å². The van der Waals surface area contributed by atoms with Crippen molar-refractivity contribution in [3.63, 3.8) is 0 Å². The van der Waals surface area contributed by atoms with Gasteiger partial charge >= 0.3 is 13.1 Å². The van der Waals surface area contributed by atoms with Crippen molar-refractivity contribution < 1.29 is 29.1 Å². The predicted octanol–water partition coefficient (Wildman–Crippen LogP) is -0.111. The summed E-state index contributed by atoms with van der Waals surface area (Å²) < 4.78 is 17.7. The van der Waals surface area contributed by atoms with Gasteiger partial charge in [0.2, 0.25) is 0 Å². The molecule has 0 spiro atoms. The van der Waals surface area contributed by atoms with Crippen LogP contribution in [0.15, 0.2) is 12.4 Å². The lowest BCUT2D eigenvalue weighted by molar-refractivity contribution is -0.146. The highest BCUT2D eigenvalue weighted by Crippen LogP contribution is 2.36. The van der Waals surface area contributed by atoms with E-state index in [2.05, 4.69) is 9.97 Å². The smallest absolute Gasteiger partial charge is 0.461 e. The highest BCUT2D eigenvalue weighted by atomic mass is 16.7. The summed E-state index contributed by atoms with van der Waals surface area (Å²) in [7, 11) is -0.541. The van der Waals surface area contributed by atoms with Gasteiger partial charge in [0, 0.05) is 24.4 Å². The Hall–Kier alpha value is -1.75. The van der Waals surface area contributed by atoms with Crippen LogP contribution in [-0.4, -0.2) is 81.2 Å². The zero-order valence-electron chi connectivity index (χ0n) is 17.5. The summed E-state index contributed by atoms with van der Waals surface area (Å²) in [6.07, 6.45) is 4.42. The van der Waals surface area contributed by atoms with Gasteiger partial charge in [-0.25, -0.2) is 9.97 Å². The zero-order valence-corrected chi connectivity index (χ0v) is 17.5. The van der Waals surface area contributed by atoms with Crippen LogP contribution in [0.25, 0.3) is 0 Å². The van der Waals surface area contributed by atoms with Crippen LogP contribution in [0.2, 0.25) is 0 Å². The molecule has 160 valence electrons. The lowest BCUT2D eigenvalue weighted by Gasteiger charge is -2.36. The van der Waals surface area contributed by atoms with E-state index in [9.17, 15) is 9.90 Å². The molecule has 1 aromatic rings. The Morgan fingerprint density at radius 2 is 1.90 bits per heavy atom. The number of hydrogen-bond donors (Lipinski definition) is 2. The fourth-order valence-electron chi connectivity index (χ4n) is 3.41. The number of aliphatic hydroxyl groups excluding tert-OH is 2. The molecule has 0 saturated carbocycles. The fourth-order valence-corrected chi connectivity index (χ4v) is 3.41. The van der Waals surface area contributed by atoms with Crippen LogP contribution in [0.3, 0.4) is 0 Å². The number of rotatable bonds is 6. The molecule has 29 heavy (non-hydrogen) atoms. The van der Waals surface area contributed by atoms with Crippen LogP contribution in [0.4, 0.5) is 0 Å². The van der Waals surface area contributed by atoms with Crippen molar-refractivity contribution in [2.75, 3.05) is 19.8 Å². The first-order valence-electron chi connectivity index (χ1n) is 10.0. The number of aromatic nitrogens is 2. The van der Waals surface area contributed by atoms with Crippen molar-refractivity contribution in [3.8, 4) is 6.01 Å². The molecule has 3 rings (SSSR count). The largest absolute Gasteiger partial charge is 0.498 e. The third-order valence-corrected chi connectivity index (χ3v) is 5.95. The third kappa shape index (κ3) is 4.71. The van der Waals surface area contributed by atoms with E-state index in [1.165, 1.54) is 0 Å². The van der Waals surface area contributed by atoms with E-state index in [1.807, 2.05) is 27.7 Å². The van der Waals surface area contributed by atoms with Crippen molar-refractivity contribution in [2.24, 2.45) is 0 Å².